The van der Waals surface area contributed by atoms with Crippen molar-refractivity contribution in [2.45, 2.75) is 33.2 Å². The Labute approximate surface area is 202 Å². The molecule has 3 aromatic heterocycles. The Kier molecular flexibility index (Phi) is 6.30. The van der Waals surface area contributed by atoms with Gasteiger partial charge in [0.2, 0.25) is 0 Å². The first-order valence-corrected chi connectivity index (χ1v) is 11.6. The van der Waals surface area contributed by atoms with Crippen molar-refractivity contribution in [3.8, 4) is 22.5 Å². The van der Waals surface area contributed by atoms with Gasteiger partial charge in [0.1, 0.15) is 11.3 Å². The first-order chi connectivity index (χ1) is 17.2. The minimum absolute atomic E-state index is 0.289. The maximum atomic E-state index is 12.2. The van der Waals surface area contributed by atoms with E-state index >= 15 is 0 Å². The molecule has 0 fully saturated rings. The number of imidazole rings is 1. The zero-order valence-electron chi connectivity index (χ0n) is 19.6. The highest BCUT2D eigenvalue weighted by Gasteiger charge is 2.16. The highest BCUT2D eigenvalue weighted by Crippen LogP contribution is 2.30. The first kappa shape index (κ1) is 22.4. The Hall–Kier alpha value is -4.40. The van der Waals surface area contributed by atoms with Crippen LogP contribution in [0.1, 0.15) is 42.1 Å². The lowest BCUT2D eigenvalue weighted by atomic mass is 9.98. The molecule has 5 rings (SSSR count). The van der Waals surface area contributed by atoms with Crippen molar-refractivity contribution in [1.29, 1.82) is 0 Å². The van der Waals surface area contributed by atoms with Gasteiger partial charge >= 0.3 is 5.97 Å². The number of aryl methyl sites for hydroxylation is 1. The fourth-order valence-corrected chi connectivity index (χ4v) is 4.13. The number of carbonyl (C=O) groups excluding carboxylic acids is 1. The van der Waals surface area contributed by atoms with Crippen LogP contribution < -0.4 is 0 Å². The minimum Gasteiger partial charge on any atom is -0.461 e. The molecule has 5 aromatic rings. The van der Waals surface area contributed by atoms with Crippen LogP contribution in [0, 0.1) is 0 Å². The fourth-order valence-electron chi connectivity index (χ4n) is 4.13. The van der Waals surface area contributed by atoms with Gasteiger partial charge in [-0.1, -0.05) is 55.5 Å². The third kappa shape index (κ3) is 4.52. The number of aromatic nitrogens is 7. The van der Waals surface area contributed by atoms with Crippen LogP contribution in [-0.4, -0.2) is 47.7 Å². The highest BCUT2D eigenvalue weighted by atomic mass is 16.5. The number of rotatable bonds is 8. The lowest BCUT2D eigenvalue weighted by molar-refractivity contribution is 0.0520. The summed E-state index contributed by atoms with van der Waals surface area (Å²) < 4.78 is 7.22. The average molecular weight is 468 g/mol. The number of H-pyrrole nitrogens is 1. The monoisotopic (exact) mass is 467 g/mol. The Morgan fingerprint density at radius 1 is 0.971 bits per heavy atom. The molecule has 0 spiro atoms. The number of hydrogen-bond acceptors (Lipinski definition) is 7. The van der Waals surface area contributed by atoms with Crippen LogP contribution in [0.4, 0.5) is 0 Å². The second kappa shape index (κ2) is 9.84. The van der Waals surface area contributed by atoms with E-state index in [0.29, 0.717) is 24.6 Å². The Balaban J connectivity index is 1.48. The number of nitrogens with zero attached hydrogens (tertiary/aromatic N) is 6. The number of carbonyl (C=O) groups is 1. The van der Waals surface area contributed by atoms with E-state index in [1.54, 1.807) is 13.0 Å². The van der Waals surface area contributed by atoms with Gasteiger partial charge < -0.3 is 9.30 Å². The third-order valence-electron chi connectivity index (χ3n) is 5.76. The molecule has 0 atom stereocenters. The maximum Gasteiger partial charge on any atom is 0.357 e. The zero-order chi connectivity index (χ0) is 24.2. The molecular weight excluding hydrogens is 442 g/mol. The van der Waals surface area contributed by atoms with Crippen molar-refractivity contribution in [1.82, 2.24) is 35.2 Å². The van der Waals surface area contributed by atoms with Crippen molar-refractivity contribution in [3.63, 3.8) is 0 Å². The lowest BCUT2D eigenvalue weighted by Crippen LogP contribution is -2.09. The first-order valence-electron chi connectivity index (χ1n) is 11.6. The molecule has 0 bridgehead atoms. The number of pyridine rings is 1. The van der Waals surface area contributed by atoms with Crippen molar-refractivity contribution in [3.05, 3.63) is 77.7 Å². The van der Waals surface area contributed by atoms with E-state index < -0.39 is 5.97 Å². The fraction of sp³-hybridized carbons (Fsp3) is 0.231. The summed E-state index contributed by atoms with van der Waals surface area (Å²) in [7, 11) is 0. The van der Waals surface area contributed by atoms with Crippen molar-refractivity contribution in [2.24, 2.45) is 0 Å². The Morgan fingerprint density at radius 3 is 2.49 bits per heavy atom. The predicted octanol–water partition coefficient (Wildman–Crippen LogP) is 4.46. The standard InChI is InChI=1S/C26H25N7O2/c1-3-7-23-27-21-14-15-22(26(34)35-4-2)28-25(21)33(23)16-17-10-12-18(13-11-17)19-8-5-6-9-20(19)24-29-31-32-30-24/h5-6,8-15H,3-4,7,16H2,1-2H3,(H,29,30,31,32). The second-order valence-electron chi connectivity index (χ2n) is 8.12. The molecule has 0 unspecified atom stereocenters. The van der Waals surface area contributed by atoms with E-state index in [1.807, 2.05) is 24.3 Å². The molecule has 0 aliphatic heterocycles. The molecule has 9 heteroatoms. The zero-order valence-corrected chi connectivity index (χ0v) is 19.6. The van der Waals surface area contributed by atoms with Gasteiger partial charge in [0.25, 0.3) is 0 Å². The quantitative estimate of drug-likeness (QED) is 0.335. The van der Waals surface area contributed by atoms with E-state index in [1.165, 1.54) is 0 Å². The maximum absolute atomic E-state index is 12.2. The van der Waals surface area contributed by atoms with Crippen LogP contribution in [0.5, 0.6) is 0 Å². The van der Waals surface area contributed by atoms with Gasteiger partial charge in [-0.05, 0) is 52.6 Å². The summed E-state index contributed by atoms with van der Waals surface area (Å²) >= 11 is 0. The number of esters is 1. The number of tetrazole rings is 1. The molecule has 0 saturated carbocycles. The van der Waals surface area contributed by atoms with Gasteiger partial charge in [-0.15, -0.1) is 5.10 Å². The van der Waals surface area contributed by atoms with Gasteiger partial charge in [0, 0.05) is 12.0 Å². The van der Waals surface area contributed by atoms with E-state index in [4.69, 9.17) is 9.72 Å². The van der Waals surface area contributed by atoms with E-state index in [9.17, 15) is 4.79 Å². The highest BCUT2D eigenvalue weighted by molar-refractivity contribution is 5.89. The van der Waals surface area contributed by atoms with Crippen LogP contribution >= 0.6 is 0 Å². The predicted molar refractivity (Wildman–Crippen MR) is 132 cm³/mol. The molecular formula is C26H25N7O2. The van der Waals surface area contributed by atoms with Crippen LogP contribution in [0.2, 0.25) is 0 Å². The molecule has 0 aliphatic rings. The van der Waals surface area contributed by atoms with Crippen LogP contribution in [-0.2, 0) is 17.7 Å². The Bertz CT molecular complexity index is 1460. The largest absolute Gasteiger partial charge is 0.461 e. The van der Waals surface area contributed by atoms with Crippen LogP contribution in [0.3, 0.4) is 0 Å². The van der Waals surface area contributed by atoms with Gasteiger partial charge in [-0.25, -0.2) is 19.9 Å². The molecule has 0 saturated heterocycles. The normalized spacial score (nSPS) is 11.1. The molecule has 3 heterocycles. The van der Waals surface area contributed by atoms with E-state index in [2.05, 4.69) is 67.4 Å². The van der Waals surface area contributed by atoms with Gasteiger partial charge in [0.15, 0.2) is 17.2 Å². The molecule has 1 N–H and O–H groups in total. The molecule has 0 amide bonds. The second-order valence-corrected chi connectivity index (χ2v) is 8.12. The summed E-state index contributed by atoms with van der Waals surface area (Å²) in [5.41, 5.74) is 5.89. The number of ether oxygens (including phenoxy) is 1. The molecule has 0 aliphatic carbocycles. The van der Waals surface area contributed by atoms with Crippen molar-refractivity contribution >= 4 is 17.1 Å². The molecule has 2 aromatic carbocycles. The smallest absolute Gasteiger partial charge is 0.357 e. The van der Waals surface area contributed by atoms with E-state index in [0.717, 1.165) is 46.4 Å². The summed E-state index contributed by atoms with van der Waals surface area (Å²) in [5, 5.41) is 14.3. The molecule has 0 radical (unpaired) electrons. The number of fused-ring (bicyclic) bond motifs is 1. The number of benzene rings is 2. The van der Waals surface area contributed by atoms with Gasteiger partial charge in [-0.3, -0.25) is 0 Å². The SMILES string of the molecule is CCCc1nc2ccc(C(=O)OCC)nc2n1Cc1ccc(-c2ccccc2-c2nnn[nH]2)cc1. The molecule has 176 valence electrons. The van der Waals surface area contributed by atoms with E-state index in [-0.39, 0.29) is 5.69 Å². The summed E-state index contributed by atoms with van der Waals surface area (Å²) in [5.74, 6) is 1.15. The van der Waals surface area contributed by atoms with Crippen molar-refractivity contribution < 1.29 is 9.53 Å². The van der Waals surface area contributed by atoms with Crippen LogP contribution in [0.25, 0.3) is 33.7 Å². The topological polar surface area (TPSA) is 111 Å². The summed E-state index contributed by atoms with van der Waals surface area (Å²) in [6.45, 7) is 4.81. The summed E-state index contributed by atoms with van der Waals surface area (Å²) in [4.78, 5) is 21.6. The average Bonchev–Trinajstić information content (AvgIpc) is 3.54. The van der Waals surface area contributed by atoms with Gasteiger partial charge in [0.05, 0.1) is 13.2 Å². The third-order valence-corrected chi connectivity index (χ3v) is 5.76. The number of hydrogen-bond donors (Lipinski definition) is 1. The summed E-state index contributed by atoms with van der Waals surface area (Å²) in [6.07, 6.45) is 1.78. The number of aromatic amines is 1. The minimum atomic E-state index is -0.427. The van der Waals surface area contributed by atoms with Crippen molar-refractivity contribution in [2.75, 3.05) is 6.61 Å². The lowest BCUT2D eigenvalue weighted by Gasteiger charge is -2.11. The molecule has 35 heavy (non-hydrogen) atoms. The van der Waals surface area contributed by atoms with Crippen LogP contribution in [0.15, 0.2) is 60.7 Å². The Morgan fingerprint density at radius 2 is 1.77 bits per heavy atom. The van der Waals surface area contributed by atoms with Gasteiger partial charge in [-0.2, -0.15) is 0 Å². The molecule has 9 nitrogen and oxygen atoms in total. The number of nitrogens with one attached hydrogen (secondary N) is 1. The summed E-state index contributed by atoms with van der Waals surface area (Å²) in [6, 6.07) is 19.9.